The van der Waals surface area contributed by atoms with Crippen LogP contribution in [0, 0.1) is 0 Å². The van der Waals surface area contributed by atoms with Gasteiger partial charge in [-0.3, -0.25) is 9.18 Å². The summed E-state index contributed by atoms with van der Waals surface area (Å²) in [5.74, 6) is -0.104. The maximum absolute atomic E-state index is 11.9. The van der Waals surface area contributed by atoms with E-state index in [-0.39, 0.29) is 18.6 Å². The van der Waals surface area contributed by atoms with Gasteiger partial charge in [0.05, 0.1) is 12.8 Å². The number of halogens is 1. The Morgan fingerprint density at radius 3 is 2.73 bits per heavy atom. The minimum Gasteiger partial charge on any atom is -0.388 e. The lowest BCUT2D eigenvalue weighted by Gasteiger charge is -1.99. The molecule has 1 rings (SSSR count). The number of hydrogen-bond acceptors (Lipinski definition) is 2. The Hall–Kier alpha value is -0.700. The van der Waals surface area contributed by atoms with E-state index in [4.69, 9.17) is 5.11 Å². The molecular formula is C8H11FO2. The molecule has 0 spiro atoms. The first kappa shape index (κ1) is 8.40. The summed E-state index contributed by atoms with van der Waals surface area (Å²) in [6.07, 6.45) is -0.368. The van der Waals surface area contributed by atoms with E-state index >= 15 is 0 Å². The van der Waals surface area contributed by atoms with E-state index in [9.17, 15) is 9.18 Å². The zero-order valence-corrected chi connectivity index (χ0v) is 6.43. The average molecular weight is 158 g/mol. The molecular weight excluding hydrogens is 147 g/mol. The van der Waals surface area contributed by atoms with Gasteiger partial charge in [0.1, 0.15) is 0 Å². The third kappa shape index (κ3) is 1.48. The number of aliphatic hydroxyl groups excluding tert-OH is 1. The van der Waals surface area contributed by atoms with Crippen LogP contribution in [-0.4, -0.2) is 23.7 Å². The first-order chi connectivity index (χ1) is 5.16. The number of alkyl halides is 1. The summed E-state index contributed by atoms with van der Waals surface area (Å²) >= 11 is 0. The molecule has 0 aromatic heterocycles. The summed E-state index contributed by atoms with van der Waals surface area (Å²) in [5.41, 5.74) is 1.13. The van der Waals surface area contributed by atoms with Crippen molar-refractivity contribution < 1.29 is 14.3 Å². The molecule has 0 saturated carbocycles. The molecule has 0 saturated heterocycles. The van der Waals surface area contributed by atoms with Gasteiger partial charge in [-0.1, -0.05) is 0 Å². The second kappa shape index (κ2) is 3.13. The molecule has 0 radical (unpaired) electrons. The third-order valence-corrected chi connectivity index (χ3v) is 2.04. The molecule has 0 heterocycles. The van der Waals surface area contributed by atoms with Gasteiger partial charge in [-0.05, 0) is 18.1 Å². The zero-order chi connectivity index (χ0) is 8.43. The van der Waals surface area contributed by atoms with Crippen LogP contribution in [0.3, 0.4) is 0 Å². The summed E-state index contributed by atoms with van der Waals surface area (Å²) in [6.45, 7) is 1.16. The number of ketones is 1. The van der Waals surface area contributed by atoms with Crippen LogP contribution in [0.1, 0.15) is 19.8 Å². The van der Waals surface area contributed by atoms with Crippen LogP contribution in [0.5, 0.6) is 0 Å². The van der Waals surface area contributed by atoms with Crippen LogP contribution in [0.4, 0.5) is 4.39 Å². The first-order valence-corrected chi connectivity index (χ1v) is 3.63. The number of Topliss-reactive ketones (excluding diaryl/α,β-unsaturated/α-hetero) is 1. The van der Waals surface area contributed by atoms with Crippen LogP contribution >= 0.6 is 0 Å². The van der Waals surface area contributed by atoms with Gasteiger partial charge in [-0.25, -0.2) is 0 Å². The Balaban J connectivity index is 2.79. The fourth-order valence-electron chi connectivity index (χ4n) is 1.30. The fraction of sp³-hybridized carbons (Fsp3) is 0.625. The van der Waals surface area contributed by atoms with Crippen molar-refractivity contribution in [3.63, 3.8) is 0 Å². The normalized spacial score (nSPS) is 25.0. The average Bonchev–Trinajstić information content (AvgIpc) is 2.17. The van der Waals surface area contributed by atoms with Gasteiger partial charge >= 0.3 is 0 Å². The summed E-state index contributed by atoms with van der Waals surface area (Å²) in [7, 11) is 0. The Bertz CT molecular complexity index is 208. The molecule has 1 aliphatic rings. The Labute approximate surface area is 64.7 Å². The van der Waals surface area contributed by atoms with Crippen molar-refractivity contribution >= 4 is 5.78 Å². The Morgan fingerprint density at radius 1 is 1.73 bits per heavy atom. The van der Waals surface area contributed by atoms with Crippen LogP contribution in [-0.2, 0) is 4.79 Å². The maximum Gasteiger partial charge on any atom is 0.161 e. The molecule has 11 heavy (non-hydrogen) atoms. The van der Waals surface area contributed by atoms with E-state index < -0.39 is 12.8 Å². The van der Waals surface area contributed by atoms with Crippen molar-refractivity contribution in [3.8, 4) is 0 Å². The predicted molar refractivity (Wildman–Crippen MR) is 38.9 cm³/mol. The molecule has 0 bridgehead atoms. The highest BCUT2D eigenvalue weighted by Gasteiger charge is 2.26. The summed E-state index contributed by atoms with van der Waals surface area (Å²) in [6, 6.07) is 0. The number of aliphatic hydroxyl groups is 1. The van der Waals surface area contributed by atoms with E-state index in [1.54, 1.807) is 6.92 Å². The first-order valence-electron chi connectivity index (χ1n) is 3.63. The molecule has 0 aromatic rings. The van der Waals surface area contributed by atoms with E-state index in [1.165, 1.54) is 0 Å². The number of allylic oxidation sites excluding steroid dienone is 1. The number of carbonyl (C=O) groups excluding carboxylic acids is 1. The quantitative estimate of drug-likeness (QED) is 0.650. The summed E-state index contributed by atoms with van der Waals surface area (Å²) in [5, 5.41) is 9.16. The van der Waals surface area contributed by atoms with Crippen LogP contribution in [0.15, 0.2) is 11.1 Å². The molecule has 0 unspecified atom stereocenters. The highest BCUT2D eigenvalue weighted by Crippen LogP contribution is 2.25. The van der Waals surface area contributed by atoms with Crippen molar-refractivity contribution in [3.05, 3.63) is 11.1 Å². The van der Waals surface area contributed by atoms with E-state index in [1.807, 2.05) is 0 Å². The van der Waals surface area contributed by atoms with Gasteiger partial charge in [0.25, 0.3) is 0 Å². The monoisotopic (exact) mass is 158 g/mol. The fourth-order valence-corrected chi connectivity index (χ4v) is 1.30. The van der Waals surface area contributed by atoms with Gasteiger partial charge in [0, 0.05) is 12.8 Å². The molecule has 0 fully saturated rings. The zero-order valence-electron chi connectivity index (χ0n) is 6.43. The maximum atomic E-state index is 11.9. The summed E-state index contributed by atoms with van der Waals surface area (Å²) in [4.78, 5) is 11.0. The van der Waals surface area contributed by atoms with Gasteiger partial charge in [-0.2, -0.15) is 0 Å². The molecule has 62 valence electrons. The standard InChI is InChI=1S/C8H11FO2/c1-5-6(2-3-9)8(11)4-7(5)10/h7,10H,2-4H2,1H3/t7-/m0/s1. The Kier molecular flexibility index (Phi) is 2.39. The number of hydrogen-bond donors (Lipinski definition) is 1. The predicted octanol–water partition coefficient (Wildman–Crippen LogP) is 0.996. The lowest BCUT2D eigenvalue weighted by Crippen LogP contribution is -2.03. The lowest BCUT2D eigenvalue weighted by molar-refractivity contribution is -0.116. The SMILES string of the molecule is CC1=C(CCF)C(=O)C[C@@H]1O. The molecule has 0 aromatic carbocycles. The van der Waals surface area contributed by atoms with E-state index in [0.717, 1.165) is 0 Å². The molecule has 0 amide bonds. The van der Waals surface area contributed by atoms with Crippen molar-refractivity contribution in [1.29, 1.82) is 0 Å². The van der Waals surface area contributed by atoms with Crippen LogP contribution < -0.4 is 0 Å². The minimum atomic E-state index is -0.663. The van der Waals surface area contributed by atoms with Gasteiger partial charge in [0.2, 0.25) is 0 Å². The van der Waals surface area contributed by atoms with Gasteiger partial charge in [-0.15, -0.1) is 0 Å². The number of rotatable bonds is 2. The van der Waals surface area contributed by atoms with E-state index in [0.29, 0.717) is 11.1 Å². The van der Waals surface area contributed by atoms with Gasteiger partial charge in [0.15, 0.2) is 5.78 Å². The van der Waals surface area contributed by atoms with E-state index in [2.05, 4.69) is 0 Å². The second-order valence-corrected chi connectivity index (χ2v) is 2.74. The smallest absolute Gasteiger partial charge is 0.161 e. The second-order valence-electron chi connectivity index (χ2n) is 2.74. The van der Waals surface area contributed by atoms with Crippen LogP contribution in [0.2, 0.25) is 0 Å². The van der Waals surface area contributed by atoms with Crippen molar-refractivity contribution in [2.24, 2.45) is 0 Å². The topological polar surface area (TPSA) is 37.3 Å². The summed E-state index contributed by atoms with van der Waals surface area (Å²) < 4.78 is 11.9. The lowest BCUT2D eigenvalue weighted by atomic mass is 10.1. The molecule has 1 N–H and O–H groups in total. The number of carbonyl (C=O) groups is 1. The van der Waals surface area contributed by atoms with Crippen molar-refractivity contribution in [2.75, 3.05) is 6.67 Å². The highest BCUT2D eigenvalue weighted by molar-refractivity contribution is 5.99. The molecule has 1 atom stereocenters. The molecule has 3 heteroatoms. The third-order valence-electron chi connectivity index (χ3n) is 2.04. The molecule has 1 aliphatic carbocycles. The highest BCUT2D eigenvalue weighted by atomic mass is 19.1. The minimum absolute atomic E-state index is 0.104. The van der Waals surface area contributed by atoms with Crippen molar-refractivity contribution in [1.82, 2.24) is 0 Å². The largest absolute Gasteiger partial charge is 0.388 e. The van der Waals surface area contributed by atoms with Crippen LogP contribution in [0.25, 0.3) is 0 Å². The molecule has 2 nitrogen and oxygen atoms in total. The Morgan fingerprint density at radius 2 is 2.36 bits per heavy atom. The molecule has 0 aliphatic heterocycles. The van der Waals surface area contributed by atoms with Crippen molar-refractivity contribution in [2.45, 2.75) is 25.9 Å². The van der Waals surface area contributed by atoms with Gasteiger partial charge < -0.3 is 5.11 Å².